The van der Waals surface area contributed by atoms with Crippen LogP contribution >= 0.6 is 0 Å². The normalized spacial score (nSPS) is 17.4. The summed E-state index contributed by atoms with van der Waals surface area (Å²) in [5.74, 6) is -0.788. The van der Waals surface area contributed by atoms with Crippen molar-refractivity contribution in [2.45, 2.75) is 65.5 Å². The van der Waals surface area contributed by atoms with E-state index in [1.165, 1.54) is 4.90 Å². The van der Waals surface area contributed by atoms with Crippen molar-refractivity contribution in [3.05, 3.63) is 70.8 Å². The number of aryl methyl sites for hydroxylation is 1. The van der Waals surface area contributed by atoms with E-state index in [1.54, 1.807) is 24.3 Å². The molecule has 1 N–H and O–H groups in total. The minimum absolute atomic E-state index is 0.0109. The van der Waals surface area contributed by atoms with Crippen molar-refractivity contribution in [1.29, 1.82) is 0 Å². The van der Waals surface area contributed by atoms with Crippen molar-refractivity contribution in [2.75, 3.05) is 19.8 Å². The van der Waals surface area contributed by atoms with E-state index in [4.69, 9.17) is 9.47 Å². The monoisotopic (exact) mass is 479 g/mol. The van der Waals surface area contributed by atoms with E-state index in [-0.39, 0.29) is 24.0 Å². The first-order chi connectivity index (χ1) is 16.9. The van der Waals surface area contributed by atoms with Gasteiger partial charge in [0.1, 0.15) is 11.5 Å². The zero-order chi connectivity index (χ0) is 25.4. The van der Waals surface area contributed by atoms with Gasteiger partial charge in [-0.1, -0.05) is 51.0 Å². The Labute approximate surface area is 208 Å². The summed E-state index contributed by atoms with van der Waals surface area (Å²) in [4.78, 5) is 27.6. The first kappa shape index (κ1) is 26.5. The highest BCUT2D eigenvalue weighted by Crippen LogP contribution is 2.39. The Balaban J connectivity index is 1.94. The lowest BCUT2D eigenvalue weighted by molar-refractivity contribution is -0.140. The van der Waals surface area contributed by atoms with Crippen LogP contribution in [0.25, 0.3) is 5.76 Å². The second-order valence-corrected chi connectivity index (χ2v) is 9.09. The van der Waals surface area contributed by atoms with Gasteiger partial charge >= 0.3 is 0 Å². The Morgan fingerprint density at radius 2 is 1.66 bits per heavy atom. The Kier molecular flexibility index (Phi) is 9.49. The molecule has 0 saturated carbocycles. The van der Waals surface area contributed by atoms with Crippen LogP contribution in [-0.2, 0) is 20.7 Å². The minimum atomic E-state index is -0.684. The number of aliphatic hydroxyl groups excluding tert-OH is 1. The average Bonchev–Trinajstić information content (AvgIpc) is 3.11. The van der Waals surface area contributed by atoms with E-state index in [9.17, 15) is 14.7 Å². The summed E-state index contributed by atoms with van der Waals surface area (Å²) in [6.45, 7) is 9.25. The van der Waals surface area contributed by atoms with E-state index >= 15 is 0 Å². The summed E-state index contributed by atoms with van der Waals surface area (Å²) in [7, 11) is 0. The van der Waals surface area contributed by atoms with Crippen molar-refractivity contribution in [1.82, 2.24) is 4.90 Å². The molecule has 35 heavy (non-hydrogen) atoms. The molecule has 0 radical (unpaired) electrons. The van der Waals surface area contributed by atoms with E-state index in [0.29, 0.717) is 24.5 Å². The van der Waals surface area contributed by atoms with Crippen molar-refractivity contribution < 1.29 is 24.2 Å². The molecule has 6 heteroatoms. The molecule has 3 rings (SSSR count). The third-order valence-electron chi connectivity index (χ3n) is 6.17. The Hall–Kier alpha value is -3.12. The number of amides is 1. The first-order valence-corrected chi connectivity index (χ1v) is 12.6. The number of hydrogen-bond acceptors (Lipinski definition) is 5. The fourth-order valence-corrected chi connectivity index (χ4v) is 4.19. The average molecular weight is 480 g/mol. The molecule has 6 nitrogen and oxygen atoms in total. The highest BCUT2D eigenvalue weighted by Gasteiger charge is 2.45. The molecule has 1 atom stereocenters. The van der Waals surface area contributed by atoms with Crippen LogP contribution < -0.4 is 4.74 Å². The van der Waals surface area contributed by atoms with E-state index in [0.717, 1.165) is 36.8 Å². The van der Waals surface area contributed by atoms with Gasteiger partial charge in [0.2, 0.25) is 0 Å². The fourth-order valence-electron chi connectivity index (χ4n) is 4.19. The third kappa shape index (κ3) is 6.51. The van der Waals surface area contributed by atoms with E-state index < -0.39 is 17.7 Å². The second-order valence-electron chi connectivity index (χ2n) is 9.09. The van der Waals surface area contributed by atoms with E-state index in [1.807, 2.05) is 38.1 Å². The molecule has 0 bridgehead atoms. The topological polar surface area (TPSA) is 76.1 Å². The van der Waals surface area contributed by atoms with Gasteiger partial charge in [0.05, 0.1) is 30.9 Å². The largest absolute Gasteiger partial charge is 0.507 e. The Bertz CT molecular complexity index is 1020. The van der Waals surface area contributed by atoms with Gasteiger partial charge in [-0.05, 0) is 62.1 Å². The molecule has 1 aliphatic heterocycles. The summed E-state index contributed by atoms with van der Waals surface area (Å²) >= 11 is 0. The molecule has 1 fully saturated rings. The number of ketones is 1. The molecule has 2 aromatic rings. The number of likely N-dealkylation sites (tertiary alicyclic amines) is 1. The molecule has 1 heterocycles. The number of benzene rings is 2. The van der Waals surface area contributed by atoms with Crippen LogP contribution in [0.4, 0.5) is 0 Å². The van der Waals surface area contributed by atoms with Gasteiger partial charge in [0.15, 0.2) is 0 Å². The smallest absolute Gasteiger partial charge is 0.295 e. The summed E-state index contributed by atoms with van der Waals surface area (Å²) in [6, 6.07) is 14.1. The summed E-state index contributed by atoms with van der Waals surface area (Å²) in [5, 5.41) is 11.2. The highest BCUT2D eigenvalue weighted by atomic mass is 16.5. The van der Waals surface area contributed by atoms with E-state index in [2.05, 4.69) is 13.8 Å². The number of ether oxygens (including phenoxy) is 2. The number of rotatable bonds is 12. The molecule has 188 valence electrons. The zero-order valence-corrected chi connectivity index (χ0v) is 21.3. The van der Waals surface area contributed by atoms with Gasteiger partial charge in [-0.3, -0.25) is 9.59 Å². The van der Waals surface area contributed by atoms with Crippen molar-refractivity contribution in [3.63, 3.8) is 0 Å². The fraction of sp³-hybridized carbons (Fsp3) is 0.448. The number of carbonyl (C=O) groups excluding carboxylic acids is 2. The number of aliphatic hydroxyl groups is 1. The van der Waals surface area contributed by atoms with Gasteiger partial charge in [-0.15, -0.1) is 0 Å². The van der Waals surface area contributed by atoms with Crippen LogP contribution in [0.1, 0.15) is 69.7 Å². The molecule has 1 amide bonds. The van der Waals surface area contributed by atoms with Crippen LogP contribution in [0.2, 0.25) is 0 Å². The molecule has 2 aromatic carbocycles. The van der Waals surface area contributed by atoms with Gasteiger partial charge in [0, 0.05) is 12.1 Å². The second kappa shape index (κ2) is 12.5. The Morgan fingerprint density at radius 1 is 0.971 bits per heavy atom. The highest BCUT2D eigenvalue weighted by molar-refractivity contribution is 6.46. The molecule has 1 unspecified atom stereocenters. The van der Waals surface area contributed by atoms with Crippen molar-refractivity contribution >= 4 is 17.4 Å². The van der Waals surface area contributed by atoms with Crippen molar-refractivity contribution in [2.24, 2.45) is 0 Å². The predicted molar refractivity (Wildman–Crippen MR) is 137 cm³/mol. The molecule has 1 aliphatic rings. The standard InChI is InChI=1S/C29H37NO5/c1-5-7-8-18-35-24-15-13-23(14-16-24)27(31)25-26(22-11-9-21(6-2)10-12-22)30(29(33)28(25)32)17-19-34-20(3)4/h9-16,20,26,31H,5-8,17-19H2,1-4H3/b27-25-. The minimum Gasteiger partial charge on any atom is -0.507 e. The zero-order valence-electron chi connectivity index (χ0n) is 21.3. The van der Waals surface area contributed by atoms with Crippen LogP contribution in [0.15, 0.2) is 54.1 Å². The van der Waals surface area contributed by atoms with Gasteiger partial charge in [0.25, 0.3) is 11.7 Å². The van der Waals surface area contributed by atoms with Crippen LogP contribution in [-0.4, -0.2) is 47.6 Å². The maximum atomic E-state index is 13.1. The summed E-state index contributed by atoms with van der Waals surface area (Å²) in [6.07, 6.45) is 4.12. The lowest BCUT2D eigenvalue weighted by atomic mass is 9.94. The van der Waals surface area contributed by atoms with Crippen LogP contribution in [0.5, 0.6) is 5.75 Å². The third-order valence-corrected chi connectivity index (χ3v) is 6.17. The van der Waals surface area contributed by atoms with Gasteiger partial charge in [-0.25, -0.2) is 0 Å². The number of carbonyl (C=O) groups is 2. The SMILES string of the molecule is CCCCCOc1ccc(/C(O)=C2/C(=O)C(=O)N(CCOC(C)C)C2c2ccc(CC)cc2)cc1. The summed E-state index contributed by atoms with van der Waals surface area (Å²) < 4.78 is 11.4. The Morgan fingerprint density at radius 3 is 2.26 bits per heavy atom. The lowest BCUT2D eigenvalue weighted by Crippen LogP contribution is -2.33. The maximum Gasteiger partial charge on any atom is 0.295 e. The molecule has 0 aliphatic carbocycles. The van der Waals surface area contributed by atoms with Crippen molar-refractivity contribution in [3.8, 4) is 5.75 Å². The molecular formula is C29H37NO5. The number of Topliss-reactive ketones (excluding diaryl/α,β-unsaturated/α-hetero) is 1. The molecule has 0 spiro atoms. The molecule has 1 saturated heterocycles. The quantitative estimate of drug-likeness (QED) is 0.184. The van der Waals surface area contributed by atoms with Crippen LogP contribution in [0.3, 0.4) is 0 Å². The van der Waals surface area contributed by atoms with Gasteiger partial charge < -0.3 is 19.5 Å². The lowest BCUT2D eigenvalue weighted by Gasteiger charge is -2.26. The predicted octanol–water partition coefficient (Wildman–Crippen LogP) is 5.66. The first-order valence-electron chi connectivity index (χ1n) is 12.6. The maximum absolute atomic E-state index is 13.1. The number of nitrogens with zero attached hydrogens (tertiary/aromatic N) is 1. The van der Waals surface area contributed by atoms with Crippen LogP contribution in [0, 0.1) is 0 Å². The molecule has 0 aromatic heterocycles. The molecular weight excluding hydrogens is 442 g/mol. The van der Waals surface area contributed by atoms with Gasteiger partial charge in [-0.2, -0.15) is 0 Å². The summed E-state index contributed by atoms with van der Waals surface area (Å²) in [5.41, 5.74) is 2.50. The number of unbranched alkanes of at least 4 members (excludes halogenated alkanes) is 2. The number of hydrogen-bond donors (Lipinski definition) is 1.